The lowest BCUT2D eigenvalue weighted by Gasteiger charge is -2.37. The van der Waals surface area contributed by atoms with Gasteiger partial charge in [0.05, 0.1) is 0 Å². The summed E-state index contributed by atoms with van der Waals surface area (Å²) in [5.74, 6) is 0. The Bertz CT molecular complexity index is 125. The van der Waals surface area contributed by atoms with Crippen LogP contribution in [0.15, 0.2) is 12.2 Å². The summed E-state index contributed by atoms with van der Waals surface area (Å²) in [7, 11) is 0. The van der Waals surface area contributed by atoms with E-state index in [0.29, 0.717) is 6.04 Å². The van der Waals surface area contributed by atoms with Crippen LogP contribution in [0.4, 0.5) is 0 Å². The zero-order valence-electron chi connectivity index (χ0n) is 6.64. The predicted octanol–water partition coefficient (Wildman–Crippen LogP) is 0.596. The largest absolute Gasteiger partial charge is 0.325 e. The van der Waals surface area contributed by atoms with E-state index in [0.717, 1.165) is 26.1 Å². The fraction of sp³-hybridized carbons (Fsp3) is 0.750. The number of nitrogens with two attached hydrogens (primary N) is 1. The Morgan fingerprint density at radius 3 is 2.70 bits per heavy atom. The van der Waals surface area contributed by atoms with Gasteiger partial charge >= 0.3 is 0 Å². The summed E-state index contributed by atoms with van der Waals surface area (Å²) in [5.41, 5.74) is 6.93. The first kappa shape index (κ1) is 7.76. The Labute approximate surface area is 62.7 Å². The maximum Gasteiger partial charge on any atom is 0.0297 e. The van der Waals surface area contributed by atoms with Crippen molar-refractivity contribution in [3.05, 3.63) is 12.2 Å². The van der Waals surface area contributed by atoms with Gasteiger partial charge in [0.25, 0.3) is 0 Å². The molecule has 0 unspecified atom stereocenters. The van der Waals surface area contributed by atoms with Crippen molar-refractivity contribution in [2.45, 2.75) is 19.4 Å². The Balaban J connectivity index is 2.10. The van der Waals surface area contributed by atoms with E-state index < -0.39 is 0 Å². The highest BCUT2D eigenvalue weighted by molar-refractivity contribution is 4.99. The highest BCUT2D eigenvalue weighted by atomic mass is 15.2. The fourth-order valence-electron chi connectivity index (χ4n) is 1.17. The van der Waals surface area contributed by atoms with Crippen molar-refractivity contribution < 1.29 is 0 Å². The minimum Gasteiger partial charge on any atom is -0.325 e. The van der Waals surface area contributed by atoms with Crippen LogP contribution in [0.2, 0.25) is 0 Å². The van der Waals surface area contributed by atoms with E-state index in [1.807, 2.05) is 0 Å². The molecule has 0 bridgehead atoms. The lowest BCUT2D eigenvalue weighted by atomic mass is 10.1. The van der Waals surface area contributed by atoms with Crippen molar-refractivity contribution in [3.8, 4) is 0 Å². The highest BCUT2D eigenvalue weighted by Gasteiger charge is 2.22. The molecule has 0 amide bonds. The van der Waals surface area contributed by atoms with Gasteiger partial charge in [-0.1, -0.05) is 19.1 Å². The summed E-state index contributed by atoms with van der Waals surface area (Å²) in [6, 6.07) is 0.421. The molecule has 1 aliphatic rings. The topological polar surface area (TPSA) is 29.3 Å². The monoisotopic (exact) mass is 140 g/mol. The molecule has 0 atom stereocenters. The van der Waals surface area contributed by atoms with Gasteiger partial charge in [0.2, 0.25) is 0 Å². The summed E-state index contributed by atoms with van der Waals surface area (Å²) >= 11 is 0. The third kappa shape index (κ3) is 1.82. The molecule has 1 aliphatic heterocycles. The zero-order valence-corrected chi connectivity index (χ0v) is 6.64. The van der Waals surface area contributed by atoms with Crippen molar-refractivity contribution in [2.75, 3.05) is 19.6 Å². The van der Waals surface area contributed by atoms with Gasteiger partial charge in [-0.2, -0.15) is 0 Å². The Morgan fingerprint density at radius 2 is 2.30 bits per heavy atom. The molecule has 2 N–H and O–H groups in total. The van der Waals surface area contributed by atoms with Gasteiger partial charge in [-0.3, -0.25) is 4.90 Å². The van der Waals surface area contributed by atoms with E-state index >= 15 is 0 Å². The Kier molecular flexibility index (Phi) is 2.46. The van der Waals surface area contributed by atoms with E-state index in [1.54, 1.807) is 0 Å². The maximum atomic E-state index is 5.61. The summed E-state index contributed by atoms with van der Waals surface area (Å²) in [6.07, 6.45) is 1.09. The fourth-order valence-corrected chi connectivity index (χ4v) is 1.17. The maximum absolute atomic E-state index is 5.61. The van der Waals surface area contributed by atoms with Crippen LogP contribution in [0, 0.1) is 0 Å². The van der Waals surface area contributed by atoms with Crippen LogP contribution >= 0.6 is 0 Å². The third-order valence-corrected chi connectivity index (χ3v) is 1.93. The molecule has 1 saturated heterocycles. The third-order valence-electron chi connectivity index (χ3n) is 1.93. The number of hydrogen-bond donors (Lipinski definition) is 1. The number of rotatable bonds is 3. The molecular weight excluding hydrogens is 124 g/mol. The second-order valence-corrected chi connectivity index (χ2v) is 3.06. The molecule has 1 heterocycles. The van der Waals surface area contributed by atoms with Gasteiger partial charge in [-0.05, 0) is 6.42 Å². The Hall–Kier alpha value is -0.340. The van der Waals surface area contributed by atoms with Gasteiger partial charge in [-0.15, -0.1) is 0 Å². The first-order valence-corrected chi connectivity index (χ1v) is 3.87. The number of hydrogen-bond acceptors (Lipinski definition) is 2. The molecule has 0 aliphatic carbocycles. The molecule has 0 spiro atoms. The van der Waals surface area contributed by atoms with E-state index in [2.05, 4.69) is 18.4 Å². The highest BCUT2D eigenvalue weighted by Crippen LogP contribution is 2.08. The van der Waals surface area contributed by atoms with Gasteiger partial charge in [-0.25, -0.2) is 0 Å². The van der Waals surface area contributed by atoms with Gasteiger partial charge in [0, 0.05) is 25.7 Å². The van der Waals surface area contributed by atoms with Crippen LogP contribution in [0.25, 0.3) is 0 Å². The second-order valence-electron chi connectivity index (χ2n) is 3.06. The van der Waals surface area contributed by atoms with Crippen LogP contribution in [-0.4, -0.2) is 30.6 Å². The molecule has 10 heavy (non-hydrogen) atoms. The second kappa shape index (κ2) is 3.17. The molecule has 58 valence electrons. The molecule has 0 aromatic heterocycles. The quantitative estimate of drug-likeness (QED) is 0.581. The first-order valence-electron chi connectivity index (χ1n) is 3.87. The van der Waals surface area contributed by atoms with Crippen molar-refractivity contribution in [1.82, 2.24) is 4.90 Å². The normalized spacial score (nSPS) is 20.6. The standard InChI is InChI=1S/C8H16N2/c1-3-7(2)4-10-5-8(9)6-10/h8H,2-6,9H2,1H3. The van der Waals surface area contributed by atoms with Crippen LogP contribution < -0.4 is 5.73 Å². The molecule has 1 rings (SSSR count). The number of likely N-dealkylation sites (tertiary alicyclic amines) is 1. The molecule has 0 saturated carbocycles. The van der Waals surface area contributed by atoms with Crippen molar-refractivity contribution in [1.29, 1.82) is 0 Å². The molecule has 2 nitrogen and oxygen atoms in total. The van der Waals surface area contributed by atoms with Crippen LogP contribution in [-0.2, 0) is 0 Å². The lowest BCUT2D eigenvalue weighted by molar-refractivity contribution is 0.165. The molecule has 0 aromatic carbocycles. The van der Waals surface area contributed by atoms with Gasteiger partial charge in [0.15, 0.2) is 0 Å². The summed E-state index contributed by atoms with van der Waals surface area (Å²) in [4.78, 5) is 2.33. The minimum absolute atomic E-state index is 0.421. The predicted molar refractivity (Wildman–Crippen MR) is 43.8 cm³/mol. The van der Waals surface area contributed by atoms with Crippen LogP contribution in [0.3, 0.4) is 0 Å². The van der Waals surface area contributed by atoms with Crippen LogP contribution in [0.5, 0.6) is 0 Å². The SMILES string of the molecule is C=C(CC)CN1CC(N)C1. The van der Waals surface area contributed by atoms with Gasteiger partial charge < -0.3 is 5.73 Å². The molecular formula is C8H16N2. The molecule has 0 aromatic rings. The smallest absolute Gasteiger partial charge is 0.0297 e. The van der Waals surface area contributed by atoms with E-state index in [1.165, 1.54) is 5.57 Å². The van der Waals surface area contributed by atoms with Crippen molar-refractivity contribution in [3.63, 3.8) is 0 Å². The number of nitrogens with zero attached hydrogens (tertiary/aromatic N) is 1. The van der Waals surface area contributed by atoms with E-state index in [9.17, 15) is 0 Å². The average Bonchev–Trinajstić information content (AvgIpc) is 1.84. The summed E-state index contributed by atoms with van der Waals surface area (Å²) in [5, 5.41) is 0. The lowest BCUT2D eigenvalue weighted by Crippen LogP contribution is -2.55. The van der Waals surface area contributed by atoms with Gasteiger partial charge in [0.1, 0.15) is 0 Å². The molecule has 2 heteroatoms. The summed E-state index contributed by atoms with van der Waals surface area (Å²) in [6.45, 7) is 9.23. The van der Waals surface area contributed by atoms with Crippen molar-refractivity contribution >= 4 is 0 Å². The zero-order chi connectivity index (χ0) is 7.56. The van der Waals surface area contributed by atoms with Crippen LogP contribution in [0.1, 0.15) is 13.3 Å². The average molecular weight is 140 g/mol. The van der Waals surface area contributed by atoms with E-state index in [4.69, 9.17) is 5.73 Å². The molecule has 0 radical (unpaired) electrons. The first-order chi connectivity index (χ1) is 4.72. The summed E-state index contributed by atoms with van der Waals surface area (Å²) < 4.78 is 0. The molecule has 1 fully saturated rings. The van der Waals surface area contributed by atoms with Crippen molar-refractivity contribution in [2.24, 2.45) is 5.73 Å². The minimum atomic E-state index is 0.421. The Morgan fingerprint density at radius 1 is 1.70 bits per heavy atom. The van der Waals surface area contributed by atoms with E-state index in [-0.39, 0.29) is 0 Å².